The number of benzene rings is 1. The summed E-state index contributed by atoms with van der Waals surface area (Å²) in [7, 11) is 0. The van der Waals surface area contributed by atoms with E-state index in [9.17, 15) is 9.90 Å². The maximum atomic E-state index is 11.1. The molecular weight excluding hydrogens is 246 g/mol. The molecule has 1 fully saturated rings. The Kier molecular flexibility index (Phi) is 3.10. The average molecular weight is 261 g/mol. The van der Waals surface area contributed by atoms with E-state index in [1.807, 2.05) is 28.8 Å². The lowest BCUT2D eigenvalue weighted by atomic mass is 10.2. The second kappa shape index (κ2) is 4.77. The first-order valence-electron chi connectivity index (χ1n) is 6.23. The minimum absolute atomic E-state index is 0.211. The highest BCUT2D eigenvalue weighted by Gasteiger charge is 2.34. The van der Waals surface area contributed by atoms with Crippen molar-refractivity contribution in [3.8, 4) is 0 Å². The Morgan fingerprint density at radius 2 is 2.21 bits per heavy atom. The fourth-order valence-electron chi connectivity index (χ4n) is 2.61. The third kappa shape index (κ3) is 1.96. The average Bonchev–Trinajstić information content (AvgIpc) is 2.99. The molecule has 1 saturated heterocycles. The Morgan fingerprint density at radius 1 is 1.42 bits per heavy atom. The number of aldehydes is 1. The van der Waals surface area contributed by atoms with Gasteiger partial charge in [0, 0.05) is 23.6 Å². The molecule has 0 bridgehead atoms. The molecule has 5 heteroatoms. The Bertz CT molecular complexity index is 607. The van der Waals surface area contributed by atoms with Crippen molar-refractivity contribution in [2.24, 2.45) is 0 Å². The van der Waals surface area contributed by atoms with Gasteiger partial charge in [-0.1, -0.05) is 18.2 Å². The predicted octanol–water partition coefficient (Wildman–Crippen LogP) is 1.09. The van der Waals surface area contributed by atoms with Crippen molar-refractivity contribution in [3.63, 3.8) is 0 Å². The maximum absolute atomic E-state index is 11.1. The van der Waals surface area contributed by atoms with E-state index in [1.165, 1.54) is 0 Å². The molecule has 0 radical (unpaired) electrons. The molecular formula is C14H15NO4. The van der Waals surface area contributed by atoms with Gasteiger partial charge in [-0.05, 0) is 6.07 Å². The number of aromatic nitrogens is 1. The van der Waals surface area contributed by atoms with Gasteiger partial charge in [0.2, 0.25) is 0 Å². The van der Waals surface area contributed by atoms with Crippen LogP contribution in [0.5, 0.6) is 0 Å². The molecule has 1 aliphatic rings. The summed E-state index contributed by atoms with van der Waals surface area (Å²) in [6.45, 7) is -0.211. The van der Waals surface area contributed by atoms with Gasteiger partial charge in [0.05, 0.1) is 18.2 Å². The van der Waals surface area contributed by atoms with Crippen LogP contribution in [0.1, 0.15) is 23.0 Å². The van der Waals surface area contributed by atoms with Gasteiger partial charge in [-0.25, -0.2) is 0 Å². The number of para-hydroxylation sites is 1. The Hall–Kier alpha value is -1.69. The topological polar surface area (TPSA) is 71.7 Å². The van der Waals surface area contributed by atoms with E-state index in [0.717, 1.165) is 17.2 Å². The van der Waals surface area contributed by atoms with E-state index in [2.05, 4.69) is 0 Å². The molecule has 1 aromatic heterocycles. The Balaban J connectivity index is 2.04. The third-order valence-corrected chi connectivity index (χ3v) is 3.59. The van der Waals surface area contributed by atoms with Gasteiger partial charge in [0.15, 0.2) is 6.29 Å². The summed E-state index contributed by atoms with van der Waals surface area (Å²) in [4.78, 5) is 11.1. The molecule has 1 aromatic carbocycles. The summed E-state index contributed by atoms with van der Waals surface area (Å²) in [5, 5.41) is 19.8. The second-order valence-electron chi connectivity index (χ2n) is 4.74. The zero-order valence-corrected chi connectivity index (χ0v) is 10.3. The van der Waals surface area contributed by atoms with E-state index in [1.54, 1.807) is 6.20 Å². The largest absolute Gasteiger partial charge is 0.394 e. The molecule has 0 unspecified atom stereocenters. The number of carbonyl (C=O) groups is 1. The zero-order valence-electron chi connectivity index (χ0n) is 10.3. The SMILES string of the molecule is O=Cc1cn([C@H]2C[C@H](O)[C@@H](CO)O2)c2ccccc12. The second-order valence-corrected chi connectivity index (χ2v) is 4.74. The molecule has 19 heavy (non-hydrogen) atoms. The van der Waals surface area contributed by atoms with Crippen molar-refractivity contribution in [3.05, 3.63) is 36.0 Å². The van der Waals surface area contributed by atoms with Crippen molar-refractivity contribution < 1.29 is 19.7 Å². The highest BCUT2D eigenvalue weighted by molar-refractivity contribution is 5.97. The maximum Gasteiger partial charge on any atom is 0.152 e. The van der Waals surface area contributed by atoms with E-state index in [4.69, 9.17) is 9.84 Å². The lowest BCUT2D eigenvalue weighted by molar-refractivity contribution is -0.0429. The first-order valence-corrected chi connectivity index (χ1v) is 6.23. The van der Waals surface area contributed by atoms with Crippen LogP contribution in [0.4, 0.5) is 0 Å². The summed E-state index contributed by atoms with van der Waals surface area (Å²) in [5.74, 6) is 0. The molecule has 0 amide bonds. The fourth-order valence-corrected chi connectivity index (χ4v) is 2.61. The van der Waals surface area contributed by atoms with Gasteiger partial charge >= 0.3 is 0 Å². The number of aliphatic hydroxyl groups is 2. The van der Waals surface area contributed by atoms with E-state index >= 15 is 0 Å². The van der Waals surface area contributed by atoms with Crippen LogP contribution in [0, 0.1) is 0 Å². The van der Waals surface area contributed by atoms with Crippen LogP contribution < -0.4 is 0 Å². The Labute approximate surface area is 110 Å². The predicted molar refractivity (Wildman–Crippen MR) is 68.9 cm³/mol. The molecule has 100 valence electrons. The van der Waals surface area contributed by atoms with Gasteiger partial charge in [0.25, 0.3) is 0 Å². The molecule has 2 aromatic rings. The van der Waals surface area contributed by atoms with Gasteiger partial charge in [-0.3, -0.25) is 4.79 Å². The molecule has 3 atom stereocenters. The third-order valence-electron chi connectivity index (χ3n) is 3.59. The van der Waals surface area contributed by atoms with Gasteiger partial charge in [-0.2, -0.15) is 0 Å². The molecule has 2 heterocycles. The first-order chi connectivity index (χ1) is 9.24. The van der Waals surface area contributed by atoms with Gasteiger partial charge in [0.1, 0.15) is 12.3 Å². The van der Waals surface area contributed by atoms with Crippen LogP contribution in [0.2, 0.25) is 0 Å². The molecule has 2 N–H and O–H groups in total. The van der Waals surface area contributed by atoms with Crippen molar-refractivity contribution in [1.29, 1.82) is 0 Å². The number of carbonyl (C=O) groups excluding carboxylic acids is 1. The van der Waals surface area contributed by atoms with Crippen molar-refractivity contribution in [2.45, 2.75) is 24.9 Å². The highest BCUT2D eigenvalue weighted by atomic mass is 16.5. The number of hydrogen-bond donors (Lipinski definition) is 2. The first kappa shape index (κ1) is 12.3. The van der Waals surface area contributed by atoms with Crippen LogP contribution in [-0.4, -0.2) is 39.9 Å². The number of ether oxygens (including phenoxy) is 1. The molecule has 5 nitrogen and oxygen atoms in total. The fraction of sp³-hybridized carbons (Fsp3) is 0.357. The van der Waals surface area contributed by atoms with Gasteiger partial charge in [-0.15, -0.1) is 0 Å². The zero-order chi connectivity index (χ0) is 13.4. The molecule has 1 aliphatic heterocycles. The Morgan fingerprint density at radius 3 is 2.89 bits per heavy atom. The normalized spacial score (nSPS) is 26.9. The molecule has 0 saturated carbocycles. The molecule has 0 aliphatic carbocycles. The van der Waals surface area contributed by atoms with Crippen LogP contribution in [0.15, 0.2) is 30.5 Å². The summed E-state index contributed by atoms with van der Waals surface area (Å²) in [6, 6.07) is 7.55. The van der Waals surface area contributed by atoms with Crippen molar-refractivity contribution >= 4 is 17.2 Å². The minimum atomic E-state index is -0.684. The quantitative estimate of drug-likeness (QED) is 0.811. The van der Waals surface area contributed by atoms with Crippen LogP contribution in [-0.2, 0) is 4.74 Å². The number of rotatable bonds is 3. The summed E-state index contributed by atoms with van der Waals surface area (Å²) < 4.78 is 7.47. The van der Waals surface area contributed by atoms with E-state index in [-0.39, 0.29) is 12.8 Å². The molecule has 3 rings (SSSR count). The number of fused-ring (bicyclic) bond motifs is 1. The van der Waals surface area contributed by atoms with Gasteiger partial charge < -0.3 is 19.5 Å². The lowest BCUT2D eigenvalue weighted by Crippen LogP contribution is -2.24. The van der Waals surface area contributed by atoms with Crippen LogP contribution in [0.3, 0.4) is 0 Å². The number of hydrogen-bond acceptors (Lipinski definition) is 4. The number of aliphatic hydroxyl groups excluding tert-OH is 2. The van der Waals surface area contributed by atoms with Crippen LogP contribution in [0.25, 0.3) is 10.9 Å². The summed E-state index contributed by atoms with van der Waals surface area (Å²) >= 11 is 0. The lowest BCUT2D eigenvalue weighted by Gasteiger charge is -2.14. The van der Waals surface area contributed by atoms with E-state index < -0.39 is 12.2 Å². The molecule has 0 spiro atoms. The minimum Gasteiger partial charge on any atom is -0.394 e. The van der Waals surface area contributed by atoms with E-state index in [0.29, 0.717) is 12.0 Å². The summed E-state index contributed by atoms with van der Waals surface area (Å²) in [5.41, 5.74) is 1.49. The number of nitrogens with zero attached hydrogens (tertiary/aromatic N) is 1. The highest BCUT2D eigenvalue weighted by Crippen LogP contribution is 2.33. The standard InChI is InChI=1S/C14H15NO4/c16-7-9-6-15(11-4-2-1-3-10(9)11)14-5-12(18)13(8-17)19-14/h1-4,6-7,12-14,17-18H,5,8H2/t12-,13+,14+/m0/s1. The van der Waals surface area contributed by atoms with Crippen molar-refractivity contribution in [1.82, 2.24) is 4.57 Å². The smallest absolute Gasteiger partial charge is 0.152 e. The van der Waals surface area contributed by atoms with Crippen molar-refractivity contribution in [2.75, 3.05) is 6.61 Å². The van der Waals surface area contributed by atoms with Crippen LogP contribution >= 0.6 is 0 Å². The summed E-state index contributed by atoms with van der Waals surface area (Å²) in [6.07, 6.45) is 1.34. The monoisotopic (exact) mass is 261 g/mol.